The molecule has 0 aliphatic heterocycles. The Labute approximate surface area is 414 Å². The summed E-state index contributed by atoms with van der Waals surface area (Å²) in [6.45, 7) is 4.32. The molecule has 2 atom stereocenters. The third-order valence-corrected chi connectivity index (χ3v) is 13.8. The molecule has 0 heterocycles. The molecule has 66 heavy (non-hydrogen) atoms. The van der Waals surface area contributed by atoms with Crippen molar-refractivity contribution in [2.24, 2.45) is 0 Å². The van der Waals surface area contributed by atoms with Crippen LogP contribution in [-0.2, 0) is 4.79 Å². The predicted molar refractivity (Wildman–Crippen MR) is 295 cm³/mol. The summed E-state index contributed by atoms with van der Waals surface area (Å²) in [4.78, 5) is 12.5. The largest absolute Gasteiger partial charge is 0.394 e. The molecular weight excluding hydrogens is 807 g/mol. The topological polar surface area (TPSA) is 69.6 Å². The van der Waals surface area contributed by atoms with Crippen molar-refractivity contribution in [2.75, 3.05) is 6.61 Å². The number of allylic oxidation sites excluding steroid dienone is 7. The van der Waals surface area contributed by atoms with E-state index in [2.05, 4.69) is 55.6 Å². The van der Waals surface area contributed by atoms with Crippen LogP contribution in [0.3, 0.4) is 0 Å². The lowest BCUT2D eigenvalue weighted by molar-refractivity contribution is -0.123. The van der Waals surface area contributed by atoms with Crippen molar-refractivity contribution in [3.05, 3.63) is 48.6 Å². The number of carbonyl (C=O) groups excluding carboxylic acids is 1. The molecule has 4 nitrogen and oxygen atoms in total. The van der Waals surface area contributed by atoms with Gasteiger partial charge in [0.25, 0.3) is 0 Å². The molecule has 0 rings (SSSR count). The van der Waals surface area contributed by atoms with Gasteiger partial charge in [-0.15, -0.1) is 0 Å². The molecule has 0 fully saturated rings. The zero-order valence-electron chi connectivity index (χ0n) is 44.7. The number of hydrogen-bond acceptors (Lipinski definition) is 3. The Hall–Kier alpha value is -1.65. The van der Waals surface area contributed by atoms with Crippen LogP contribution in [0, 0.1) is 0 Å². The van der Waals surface area contributed by atoms with Crippen molar-refractivity contribution in [1.82, 2.24) is 5.32 Å². The normalized spacial score (nSPS) is 13.1. The van der Waals surface area contributed by atoms with Gasteiger partial charge in [-0.1, -0.05) is 294 Å². The van der Waals surface area contributed by atoms with Crippen molar-refractivity contribution in [2.45, 2.75) is 334 Å². The second-order valence-electron chi connectivity index (χ2n) is 20.4. The Morgan fingerprint density at radius 2 is 0.591 bits per heavy atom. The van der Waals surface area contributed by atoms with Gasteiger partial charge in [-0.2, -0.15) is 0 Å². The third-order valence-electron chi connectivity index (χ3n) is 13.8. The van der Waals surface area contributed by atoms with Crippen molar-refractivity contribution in [1.29, 1.82) is 0 Å². The van der Waals surface area contributed by atoms with E-state index in [1.54, 1.807) is 6.08 Å². The molecular formula is C62H117NO3. The van der Waals surface area contributed by atoms with E-state index in [0.29, 0.717) is 6.42 Å². The van der Waals surface area contributed by atoms with Crippen molar-refractivity contribution >= 4 is 5.91 Å². The van der Waals surface area contributed by atoms with Gasteiger partial charge in [-0.3, -0.25) is 4.79 Å². The first-order chi connectivity index (χ1) is 32.7. The third kappa shape index (κ3) is 53.3. The number of carbonyl (C=O) groups is 1. The van der Waals surface area contributed by atoms with Gasteiger partial charge in [0.15, 0.2) is 0 Å². The summed E-state index contributed by atoms with van der Waals surface area (Å²) in [7, 11) is 0. The minimum absolute atomic E-state index is 0.0729. The van der Waals surface area contributed by atoms with Gasteiger partial charge in [0.05, 0.1) is 18.8 Å². The molecule has 0 aromatic rings. The van der Waals surface area contributed by atoms with Crippen molar-refractivity contribution in [3.8, 4) is 0 Å². The zero-order valence-corrected chi connectivity index (χ0v) is 44.7. The molecule has 0 spiro atoms. The molecule has 0 saturated heterocycles. The van der Waals surface area contributed by atoms with E-state index in [-0.39, 0.29) is 12.5 Å². The van der Waals surface area contributed by atoms with Crippen LogP contribution in [0.25, 0.3) is 0 Å². The molecule has 0 bridgehead atoms. The van der Waals surface area contributed by atoms with Crippen LogP contribution >= 0.6 is 0 Å². The highest BCUT2D eigenvalue weighted by Gasteiger charge is 2.18. The first kappa shape index (κ1) is 64.3. The smallest absolute Gasteiger partial charge is 0.220 e. The zero-order chi connectivity index (χ0) is 47.7. The van der Waals surface area contributed by atoms with E-state index in [1.807, 2.05) is 6.08 Å². The first-order valence-electron chi connectivity index (χ1n) is 29.9. The van der Waals surface area contributed by atoms with Gasteiger partial charge in [0.2, 0.25) is 5.91 Å². The van der Waals surface area contributed by atoms with E-state index in [1.165, 1.54) is 263 Å². The highest BCUT2D eigenvalue weighted by molar-refractivity contribution is 5.76. The fourth-order valence-corrected chi connectivity index (χ4v) is 9.21. The highest BCUT2D eigenvalue weighted by Crippen LogP contribution is 2.17. The van der Waals surface area contributed by atoms with Gasteiger partial charge in [0.1, 0.15) is 0 Å². The maximum absolute atomic E-state index is 12.5. The number of aliphatic hydroxyl groups is 2. The van der Waals surface area contributed by atoms with Crippen LogP contribution in [0.2, 0.25) is 0 Å². The first-order valence-corrected chi connectivity index (χ1v) is 29.9. The molecule has 0 aromatic heterocycles. The summed E-state index contributed by atoms with van der Waals surface area (Å²) < 4.78 is 0. The molecule has 388 valence electrons. The fourth-order valence-electron chi connectivity index (χ4n) is 9.21. The highest BCUT2D eigenvalue weighted by atomic mass is 16.3. The Morgan fingerprint density at radius 1 is 0.348 bits per heavy atom. The fraction of sp³-hybridized carbons (Fsp3) is 0.855. The Morgan fingerprint density at radius 3 is 0.879 bits per heavy atom. The number of unbranched alkanes of at least 4 members (excludes halogenated alkanes) is 42. The second kappa shape index (κ2) is 57.7. The summed E-state index contributed by atoms with van der Waals surface area (Å²) in [5, 5.41) is 23.2. The maximum atomic E-state index is 12.5. The van der Waals surface area contributed by atoms with Gasteiger partial charge in [0, 0.05) is 6.42 Å². The number of rotatable bonds is 55. The lowest BCUT2D eigenvalue weighted by Gasteiger charge is -2.19. The Kier molecular flexibility index (Phi) is 56.2. The summed E-state index contributed by atoms with van der Waals surface area (Å²) in [5.74, 6) is -0.0729. The molecule has 0 aromatic carbocycles. The lowest BCUT2D eigenvalue weighted by Crippen LogP contribution is -2.45. The van der Waals surface area contributed by atoms with Crippen LogP contribution in [0.1, 0.15) is 322 Å². The summed E-state index contributed by atoms with van der Waals surface area (Å²) >= 11 is 0. The minimum Gasteiger partial charge on any atom is -0.394 e. The number of nitrogens with one attached hydrogen (secondary N) is 1. The van der Waals surface area contributed by atoms with Crippen LogP contribution in [0.4, 0.5) is 0 Å². The molecule has 0 saturated carbocycles. The van der Waals surface area contributed by atoms with Gasteiger partial charge >= 0.3 is 0 Å². The summed E-state index contributed by atoms with van der Waals surface area (Å²) in [6, 6.07) is -0.646. The molecule has 3 N–H and O–H groups in total. The lowest BCUT2D eigenvalue weighted by atomic mass is 10.0. The van der Waals surface area contributed by atoms with Gasteiger partial charge < -0.3 is 15.5 Å². The Balaban J connectivity index is 3.50. The predicted octanol–water partition coefficient (Wildman–Crippen LogP) is 19.8. The average molecular weight is 925 g/mol. The molecule has 1 amide bonds. The minimum atomic E-state index is -0.871. The number of aliphatic hydroxyl groups excluding tert-OH is 2. The second-order valence-corrected chi connectivity index (χ2v) is 20.4. The standard InChI is InChI=1S/C62H117NO3/c1-3-5-7-9-11-13-15-17-19-21-23-25-27-28-29-30-31-32-33-34-36-38-40-42-44-46-48-50-52-54-56-58-62(66)63-60(59-64)61(65)57-55-53-51-49-47-45-43-41-39-37-35-26-24-22-20-18-16-14-12-10-8-6-4-2/h21,23,39,41,47,49,55,57,60-61,64-65H,3-20,22,24-38,40,42-46,48,50-54,56,58-59H2,1-2H3,(H,63,66)/b23-21-,41-39+,49-47+,57-55+. The maximum Gasteiger partial charge on any atom is 0.220 e. The van der Waals surface area contributed by atoms with E-state index < -0.39 is 12.1 Å². The van der Waals surface area contributed by atoms with Crippen LogP contribution in [-0.4, -0.2) is 34.9 Å². The van der Waals surface area contributed by atoms with Crippen molar-refractivity contribution in [3.63, 3.8) is 0 Å². The molecule has 2 unspecified atom stereocenters. The molecule has 0 aliphatic rings. The SMILES string of the molecule is CCCCCCCCCC/C=C\CCCCCCCCCCCCCCCCCCCCCC(=O)NC(CO)C(O)/C=C/CC/C=C/CC/C=C/CCCCCCCCCCCCCCC. The van der Waals surface area contributed by atoms with Crippen LogP contribution in [0.15, 0.2) is 48.6 Å². The summed E-state index contributed by atoms with van der Waals surface area (Å²) in [6.07, 6.45) is 80.1. The molecule has 4 heteroatoms. The van der Waals surface area contributed by atoms with E-state index >= 15 is 0 Å². The van der Waals surface area contributed by atoms with E-state index in [4.69, 9.17) is 0 Å². The van der Waals surface area contributed by atoms with E-state index in [0.717, 1.165) is 38.5 Å². The quantitative estimate of drug-likeness (QED) is 0.0420. The summed E-state index contributed by atoms with van der Waals surface area (Å²) in [5.41, 5.74) is 0. The number of amides is 1. The van der Waals surface area contributed by atoms with Crippen molar-refractivity contribution < 1.29 is 15.0 Å². The Bertz CT molecular complexity index is 1050. The van der Waals surface area contributed by atoms with Gasteiger partial charge in [-0.05, 0) is 70.6 Å². The van der Waals surface area contributed by atoms with Crippen LogP contribution in [0.5, 0.6) is 0 Å². The molecule has 0 aliphatic carbocycles. The molecule has 0 radical (unpaired) electrons. The van der Waals surface area contributed by atoms with E-state index in [9.17, 15) is 15.0 Å². The monoisotopic (exact) mass is 924 g/mol. The average Bonchev–Trinajstić information content (AvgIpc) is 3.32. The van der Waals surface area contributed by atoms with Crippen LogP contribution < -0.4 is 5.32 Å². The van der Waals surface area contributed by atoms with Gasteiger partial charge in [-0.25, -0.2) is 0 Å². The number of hydrogen-bond donors (Lipinski definition) is 3.